The average molecular weight is 286 g/mol. The Balaban J connectivity index is 1.72. The van der Waals surface area contributed by atoms with Crippen LogP contribution in [-0.2, 0) is 0 Å². The van der Waals surface area contributed by atoms with Gasteiger partial charge >= 0.3 is 0 Å². The zero-order chi connectivity index (χ0) is 14.8. The molecular formula is C15H18N4O2. The summed E-state index contributed by atoms with van der Waals surface area (Å²) in [6, 6.07) is 7.47. The minimum Gasteiger partial charge on any atom is -0.395 e. The minimum absolute atomic E-state index is 0.0425. The number of likely N-dealkylation sites (N-methyl/N-ethyl adjacent to an activating group) is 1. The first kappa shape index (κ1) is 13.9. The lowest BCUT2D eigenvalue weighted by molar-refractivity contribution is 0.0933. The van der Waals surface area contributed by atoms with E-state index < -0.39 is 0 Å². The fraction of sp³-hybridized carbons (Fsp3) is 0.400. The van der Waals surface area contributed by atoms with E-state index in [2.05, 4.69) is 20.2 Å². The van der Waals surface area contributed by atoms with Gasteiger partial charge in [-0.25, -0.2) is 9.97 Å². The van der Waals surface area contributed by atoms with Crippen molar-refractivity contribution in [3.63, 3.8) is 0 Å². The van der Waals surface area contributed by atoms with Gasteiger partial charge in [0, 0.05) is 30.2 Å². The first-order chi connectivity index (χ1) is 10.2. The summed E-state index contributed by atoms with van der Waals surface area (Å²) >= 11 is 0. The third-order valence-corrected chi connectivity index (χ3v) is 3.93. The van der Waals surface area contributed by atoms with Gasteiger partial charge in [-0.05, 0) is 37.7 Å². The molecule has 3 rings (SSSR count). The zero-order valence-corrected chi connectivity index (χ0v) is 11.9. The predicted octanol–water partition coefficient (Wildman–Crippen LogP) is 0.425. The van der Waals surface area contributed by atoms with E-state index in [1.165, 1.54) is 0 Å². The van der Waals surface area contributed by atoms with E-state index in [0.717, 1.165) is 18.4 Å². The van der Waals surface area contributed by atoms with Crippen LogP contribution in [-0.4, -0.2) is 58.2 Å². The van der Waals surface area contributed by atoms with Crippen LogP contribution in [0.3, 0.4) is 0 Å². The van der Waals surface area contributed by atoms with Gasteiger partial charge in [0.2, 0.25) is 0 Å². The summed E-state index contributed by atoms with van der Waals surface area (Å²) in [5, 5.41) is 13.1. The van der Waals surface area contributed by atoms with Crippen LogP contribution >= 0.6 is 0 Å². The predicted molar refractivity (Wildman–Crippen MR) is 78.9 cm³/mol. The Kier molecular flexibility index (Phi) is 3.81. The Morgan fingerprint density at radius 2 is 2.33 bits per heavy atom. The molecule has 1 amide bonds. The normalized spacial score (nSPS) is 22.6. The van der Waals surface area contributed by atoms with Crippen molar-refractivity contribution in [2.75, 3.05) is 20.2 Å². The molecule has 2 N–H and O–H groups in total. The number of nitrogens with zero attached hydrogens (tertiary/aromatic N) is 3. The summed E-state index contributed by atoms with van der Waals surface area (Å²) in [7, 11) is 1.95. The van der Waals surface area contributed by atoms with Gasteiger partial charge in [-0.15, -0.1) is 0 Å². The Hall–Kier alpha value is -2.05. The highest BCUT2D eigenvalue weighted by atomic mass is 16.3. The van der Waals surface area contributed by atoms with Crippen LogP contribution < -0.4 is 5.32 Å². The molecule has 0 saturated carbocycles. The van der Waals surface area contributed by atoms with E-state index in [-0.39, 0.29) is 24.6 Å². The van der Waals surface area contributed by atoms with Crippen LogP contribution in [0.25, 0.3) is 11.0 Å². The van der Waals surface area contributed by atoms with Gasteiger partial charge in [0.1, 0.15) is 5.69 Å². The molecule has 2 aromatic rings. The monoisotopic (exact) mass is 286 g/mol. The summed E-state index contributed by atoms with van der Waals surface area (Å²) in [6.07, 6.45) is 2.42. The van der Waals surface area contributed by atoms with Gasteiger partial charge in [0.25, 0.3) is 5.91 Å². The fourth-order valence-corrected chi connectivity index (χ4v) is 2.74. The average Bonchev–Trinajstić information content (AvgIpc) is 2.86. The lowest BCUT2D eigenvalue weighted by Crippen LogP contribution is -2.36. The number of fused-ring (bicyclic) bond motifs is 1. The number of amides is 1. The molecule has 2 aromatic heterocycles. The van der Waals surface area contributed by atoms with E-state index in [1.807, 2.05) is 25.2 Å². The maximum atomic E-state index is 12.3. The quantitative estimate of drug-likeness (QED) is 0.855. The van der Waals surface area contributed by atoms with E-state index in [0.29, 0.717) is 11.3 Å². The molecule has 3 heterocycles. The second kappa shape index (κ2) is 5.75. The highest BCUT2D eigenvalue weighted by molar-refractivity contribution is 5.94. The third kappa shape index (κ3) is 2.86. The molecule has 0 bridgehead atoms. The molecule has 1 aliphatic rings. The summed E-state index contributed by atoms with van der Waals surface area (Å²) in [5.41, 5.74) is 0.943. The van der Waals surface area contributed by atoms with Crippen LogP contribution in [0.5, 0.6) is 0 Å². The number of likely N-dealkylation sites (tertiary alicyclic amines) is 1. The van der Waals surface area contributed by atoms with Crippen molar-refractivity contribution in [1.29, 1.82) is 0 Å². The SMILES string of the molecule is CN1C[C@H](NC(=O)c2ccc3cccnc3n2)C[C@H]1CO. The highest BCUT2D eigenvalue weighted by Crippen LogP contribution is 2.16. The molecule has 1 aliphatic heterocycles. The van der Waals surface area contributed by atoms with Crippen molar-refractivity contribution in [2.24, 2.45) is 0 Å². The summed E-state index contributed by atoms with van der Waals surface area (Å²) in [4.78, 5) is 22.8. The van der Waals surface area contributed by atoms with Crippen LogP contribution in [0.2, 0.25) is 0 Å². The molecule has 1 fully saturated rings. The minimum atomic E-state index is -0.195. The van der Waals surface area contributed by atoms with Crippen LogP contribution in [0.15, 0.2) is 30.5 Å². The fourth-order valence-electron chi connectivity index (χ4n) is 2.74. The topological polar surface area (TPSA) is 78.4 Å². The molecule has 0 spiro atoms. The molecule has 0 unspecified atom stereocenters. The van der Waals surface area contributed by atoms with Crippen molar-refractivity contribution in [3.05, 3.63) is 36.2 Å². The Morgan fingerprint density at radius 1 is 1.48 bits per heavy atom. The molecule has 110 valence electrons. The van der Waals surface area contributed by atoms with Gasteiger partial charge in [-0.3, -0.25) is 9.69 Å². The van der Waals surface area contributed by atoms with E-state index in [1.54, 1.807) is 12.3 Å². The maximum Gasteiger partial charge on any atom is 0.270 e. The molecule has 2 atom stereocenters. The van der Waals surface area contributed by atoms with Gasteiger partial charge in [-0.2, -0.15) is 0 Å². The first-order valence-electron chi connectivity index (χ1n) is 7.01. The van der Waals surface area contributed by atoms with Gasteiger partial charge in [0.05, 0.1) is 6.61 Å². The van der Waals surface area contributed by atoms with Crippen molar-refractivity contribution in [3.8, 4) is 0 Å². The molecule has 0 radical (unpaired) electrons. The number of pyridine rings is 2. The number of aliphatic hydroxyl groups is 1. The van der Waals surface area contributed by atoms with Crippen LogP contribution in [0.1, 0.15) is 16.9 Å². The summed E-state index contributed by atoms with van der Waals surface area (Å²) < 4.78 is 0. The van der Waals surface area contributed by atoms with Crippen molar-refractivity contribution >= 4 is 16.9 Å². The van der Waals surface area contributed by atoms with Crippen LogP contribution in [0, 0.1) is 0 Å². The van der Waals surface area contributed by atoms with Crippen molar-refractivity contribution in [1.82, 2.24) is 20.2 Å². The van der Waals surface area contributed by atoms with E-state index in [9.17, 15) is 9.90 Å². The molecule has 6 nitrogen and oxygen atoms in total. The van der Waals surface area contributed by atoms with Crippen molar-refractivity contribution in [2.45, 2.75) is 18.5 Å². The van der Waals surface area contributed by atoms with Crippen molar-refractivity contribution < 1.29 is 9.90 Å². The summed E-state index contributed by atoms with van der Waals surface area (Å²) in [6.45, 7) is 0.851. The number of aromatic nitrogens is 2. The number of hydrogen-bond donors (Lipinski definition) is 2. The second-order valence-corrected chi connectivity index (χ2v) is 5.43. The third-order valence-electron chi connectivity index (χ3n) is 3.93. The largest absolute Gasteiger partial charge is 0.395 e. The van der Waals surface area contributed by atoms with Crippen LogP contribution in [0.4, 0.5) is 0 Å². The standard InChI is InChI=1S/C15H18N4O2/c1-19-8-11(7-12(19)9-20)17-15(21)13-5-4-10-3-2-6-16-14(10)18-13/h2-6,11-12,20H,7-9H2,1H3,(H,17,21)/t11-,12+/m1/s1. The van der Waals surface area contributed by atoms with Gasteiger partial charge in [-0.1, -0.05) is 0 Å². The Bertz CT molecular complexity index is 661. The number of aliphatic hydroxyl groups excluding tert-OH is 1. The molecule has 0 aliphatic carbocycles. The Labute approximate surface area is 122 Å². The molecular weight excluding hydrogens is 268 g/mol. The number of rotatable bonds is 3. The zero-order valence-electron chi connectivity index (χ0n) is 11.9. The smallest absolute Gasteiger partial charge is 0.270 e. The van der Waals surface area contributed by atoms with Gasteiger partial charge < -0.3 is 10.4 Å². The Morgan fingerprint density at radius 3 is 3.10 bits per heavy atom. The number of carbonyl (C=O) groups is 1. The maximum absolute atomic E-state index is 12.3. The lowest BCUT2D eigenvalue weighted by Gasteiger charge is -2.15. The van der Waals surface area contributed by atoms with E-state index in [4.69, 9.17) is 0 Å². The lowest BCUT2D eigenvalue weighted by atomic mass is 10.1. The number of hydrogen-bond acceptors (Lipinski definition) is 5. The summed E-state index contributed by atoms with van der Waals surface area (Å²) in [5.74, 6) is -0.195. The molecule has 0 aromatic carbocycles. The van der Waals surface area contributed by atoms with Gasteiger partial charge in [0.15, 0.2) is 5.65 Å². The number of nitrogens with one attached hydrogen (secondary N) is 1. The second-order valence-electron chi connectivity index (χ2n) is 5.43. The number of carbonyl (C=O) groups excluding carboxylic acids is 1. The molecule has 21 heavy (non-hydrogen) atoms. The van der Waals surface area contributed by atoms with E-state index >= 15 is 0 Å². The highest BCUT2D eigenvalue weighted by Gasteiger charge is 2.30. The first-order valence-corrected chi connectivity index (χ1v) is 7.01. The molecule has 6 heteroatoms. The molecule has 1 saturated heterocycles.